The number of aryl methyl sites for hydroxylation is 1. The predicted octanol–water partition coefficient (Wildman–Crippen LogP) is 1.22. The molecular weight excluding hydrogens is 280 g/mol. The molecule has 108 valence electrons. The van der Waals surface area contributed by atoms with E-state index in [1.54, 1.807) is 19.9 Å². The number of phenolic OH excluding ortho intramolecular Hbond substituents is 1. The summed E-state index contributed by atoms with van der Waals surface area (Å²) >= 11 is 0. The number of nitrogens with one attached hydrogen (secondary N) is 1. The number of benzene rings is 1. The summed E-state index contributed by atoms with van der Waals surface area (Å²) < 4.78 is 26.4. The van der Waals surface area contributed by atoms with Crippen molar-refractivity contribution in [2.45, 2.75) is 18.7 Å². The number of aromatic amines is 1. The van der Waals surface area contributed by atoms with Crippen LogP contribution in [0.1, 0.15) is 12.5 Å². The van der Waals surface area contributed by atoms with Gasteiger partial charge in [-0.25, -0.2) is 8.42 Å². The highest BCUT2D eigenvalue weighted by molar-refractivity contribution is 7.93. The second kappa shape index (κ2) is 5.04. The highest BCUT2D eigenvalue weighted by atomic mass is 32.2. The lowest BCUT2D eigenvalue weighted by atomic mass is 10.2. The number of anilines is 2. The van der Waals surface area contributed by atoms with Crippen LogP contribution in [0.3, 0.4) is 0 Å². The van der Waals surface area contributed by atoms with E-state index in [1.165, 1.54) is 22.6 Å². The van der Waals surface area contributed by atoms with Crippen molar-refractivity contribution in [1.29, 1.82) is 0 Å². The molecule has 0 aliphatic carbocycles. The monoisotopic (exact) mass is 296 g/mol. The van der Waals surface area contributed by atoms with Crippen LogP contribution in [-0.4, -0.2) is 30.3 Å². The van der Waals surface area contributed by atoms with Crippen molar-refractivity contribution in [3.05, 3.63) is 30.0 Å². The average molecular weight is 296 g/mol. The third-order valence-electron chi connectivity index (χ3n) is 2.95. The van der Waals surface area contributed by atoms with Crippen LogP contribution in [0.4, 0.5) is 11.5 Å². The van der Waals surface area contributed by atoms with Crippen LogP contribution in [0.5, 0.6) is 5.75 Å². The summed E-state index contributed by atoms with van der Waals surface area (Å²) in [6.07, 6.45) is 1.17. The number of sulfonamides is 1. The summed E-state index contributed by atoms with van der Waals surface area (Å²) in [5.41, 5.74) is 6.73. The van der Waals surface area contributed by atoms with Crippen LogP contribution in [-0.2, 0) is 10.0 Å². The maximum atomic E-state index is 12.6. The Balaban J connectivity index is 2.58. The summed E-state index contributed by atoms with van der Waals surface area (Å²) in [7, 11) is -3.83. The number of aromatic hydroxyl groups is 1. The molecule has 1 aromatic heterocycles. The van der Waals surface area contributed by atoms with Crippen molar-refractivity contribution in [2.75, 3.05) is 16.6 Å². The first-order chi connectivity index (χ1) is 9.37. The molecule has 0 bridgehead atoms. The smallest absolute Gasteiger partial charge is 0.269 e. The first-order valence-corrected chi connectivity index (χ1v) is 7.43. The van der Waals surface area contributed by atoms with Gasteiger partial charge in [0.05, 0.1) is 11.9 Å². The van der Waals surface area contributed by atoms with Crippen LogP contribution in [0.15, 0.2) is 29.3 Å². The van der Waals surface area contributed by atoms with Gasteiger partial charge in [0, 0.05) is 12.6 Å². The zero-order valence-corrected chi connectivity index (χ0v) is 12.0. The number of nitrogens with two attached hydrogens (primary N) is 1. The van der Waals surface area contributed by atoms with E-state index < -0.39 is 10.0 Å². The number of H-pyrrole nitrogens is 1. The van der Waals surface area contributed by atoms with Crippen LogP contribution < -0.4 is 10.0 Å². The van der Waals surface area contributed by atoms with Gasteiger partial charge < -0.3 is 10.8 Å². The minimum absolute atomic E-state index is 0.000541. The normalized spacial score (nSPS) is 11.5. The SMILES string of the molecule is CCN(c1cc(O)ccc1C)S(=O)(=O)c1cn[nH]c1N. The maximum Gasteiger partial charge on any atom is 0.269 e. The van der Waals surface area contributed by atoms with E-state index in [0.29, 0.717) is 5.69 Å². The summed E-state index contributed by atoms with van der Waals surface area (Å²) in [5, 5.41) is 15.6. The molecule has 2 rings (SSSR count). The molecule has 0 saturated heterocycles. The van der Waals surface area contributed by atoms with Gasteiger partial charge in [0.1, 0.15) is 16.5 Å². The van der Waals surface area contributed by atoms with Crippen LogP contribution >= 0.6 is 0 Å². The second-order valence-corrected chi connectivity index (χ2v) is 6.12. The first-order valence-electron chi connectivity index (χ1n) is 5.99. The largest absolute Gasteiger partial charge is 0.508 e. The number of phenols is 1. The molecule has 0 fully saturated rings. The lowest BCUT2D eigenvalue weighted by Crippen LogP contribution is -2.31. The number of nitrogens with zero attached hydrogens (tertiary/aromatic N) is 2. The van der Waals surface area contributed by atoms with Gasteiger partial charge in [0.15, 0.2) is 0 Å². The Bertz CT molecular complexity index is 724. The Morgan fingerprint density at radius 3 is 2.70 bits per heavy atom. The molecule has 7 nitrogen and oxygen atoms in total. The van der Waals surface area contributed by atoms with E-state index in [4.69, 9.17) is 5.73 Å². The van der Waals surface area contributed by atoms with Gasteiger partial charge in [-0.05, 0) is 25.5 Å². The molecule has 0 aliphatic rings. The Labute approximate surface area is 117 Å². The Morgan fingerprint density at radius 2 is 2.15 bits per heavy atom. The lowest BCUT2D eigenvalue weighted by molar-refractivity contribution is 0.475. The number of aromatic nitrogens is 2. The van der Waals surface area contributed by atoms with Crippen LogP contribution in [0.25, 0.3) is 0 Å². The van der Waals surface area contributed by atoms with Gasteiger partial charge in [-0.1, -0.05) is 6.07 Å². The number of nitrogen functional groups attached to an aromatic ring is 1. The molecule has 0 unspecified atom stereocenters. The van der Waals surface area contributed by atoms with Crippen molar-refractivity contribution in [3.63, 3.8) is 0 Å². The topological polar surface area (TPSA) is 112 Å². The zero-order valence-electron chi connectivity index (χ0n) is 11.2. The third-order valence-corrected chi connectivity index (χ3v) is 4.87. The van der Waals surface area contributed by atoms with E-state index in [1.807, 2.05) is 0 Å². The number of hydrogen-bond acceptors (Lipinski definition) is 5. The molecule has 0 atom stereocenters. The van der Waals surface area contributed by atoms with Crippen molar-refractivity contribution < 1.29 is 13.5 Å². The van der Waals surface area contributed by atoms with Gasteiger partial charge >= 0.3 is 0 Å². The second-order valence-electron chi connectivity index (χ2n) is 4.29. The molecule has 0 saturated carbocycles. The summed E-state index contributed by atoms with van der Waals surface area (Å²) in [6.45, 7) is 3.68. The van der Waals surface area contributed by atoms with Crippen molar-refractivity contribution in [2.24, 2.45) is 0 Å². The molecule has 0 radical (unpaired) electrons. The minimum Gasteiger partial charge on any atom is -0.508 e. The highest BCUT2D eigenvalue weighted by Gasteiger charge is 2.28. The van der Waals surface area contributed by atoms with Crippen LogP contribution in [0, 0.1) is 6.92 Å². The van der Waals surface area contributed by atoms with Gasteiger partial charge in [-0.15, -0.1) is 0 Å². The molecule has 4 N–H and O–H groups in total. The molecule has 1 aromatic carbocycles. The van der Waals surface area contributed by atoms with Crippen molar-refractivity contribution in [3.8, 4) is 5.75 Å². The number of rotatable bonds is 4. The molecular formula is C12H16N4O3S. The van der Waals surface area contributed by atoms with Gasteiger partial charge in [0.25, 0.3) is 10.0 Å². The molecule has 1 heterocycles. The summed E-state index contributed by atoms with van der Waals surface area (Å²) in [4.78, 5) is -0.0814. The lowest BCUT2D eigenvalue weighted by Gasteiger charge is -2.24. The van der Waals surface area contributed by atoms with E-state index in [2.05, 4.69) is 10.2 Å². The predicted molar refractivity (Wildman–Crippen MR) is 76.0 cm³/mol. The van der Waals surface area contributed by atoms with E-state index >= 15 is 0 Å². The molecule has 0 spiro atoms. The summed E-state index contributed by atoms with van der Waals surface area (Å²) in [5.74, 6) is -0.0133. The fraction of sp³-hybridized carbons (Fsp3) is 0.250. The minimum atomic E-state index is -3.83. The van der Waals surface area contributed by atoms with Gasteiger partial charge in [-0.3, -0.25) is 9.40 Å². The quantitative estimate of drug-likeness (QED) is 0.785. The molecule has 0 aliphatic heterocycles. The summed E-state index contributed by atoms with van der Waals surface area (Å²) in [6, 6.07) is 4.57. The molecule has 0 amide bonds. The molecule has 8 heteroatoms. The molecule has 20 heavy (non-hydrogen) atoms. The third kappa shape index (κ3) is 2.29. The van der Waals surface area contributed by atoms with E-state index in [-0.39, 0.29) is 23.0 Å². The van der Waals surface area contributed by atoms with Gasteiger partial charge in [0.2, 0.25) is 0 Å². The van der Waals surface area contributed by atoms with Crippen molar-refractivity contribution in [1.82, 2.24) is 10.2 Å². The van der Waals surface area contributed by atoms with Crippen LogP contribution in [0.2, 0.25) is 0 Å². The number of hydrogen-bond donors (Lipinski definition) is 3. The first kappa shape index (κ1) is 14.2. The molecule has 2 aromatic rings. The Hall–Kier alpha value is -2.22. The zero-order chi connectivity index (χ0) is 14.9. The fourth-order valence-corrected chi connectivity index (χ4v) is 3.49. The average Bonchev–Trinajstić information content (AvgIpc) is 2.81. The Morgan fingerprint density at radius 1 is 1.45 bits per heavy atom. The van der Waals surface area contributed by atoms with E-state index in [9.17, 15) is 13.5 Å². The fourth-order valence-electron chi connectivity index (χ4n) is 1.95. The standard InChI is InChI=1S/C12H16N4O3S/c1-3-16(10-6-9(17)5-4-8(10)2)20(18,19)11-7-14-15-12(11)13/h4-7,17H,3H2,1-2H3,(H3,13,14,15). The van der Waals surface area contributed by atoms with Gasteiger partial charge in [-0.2, -0.15) is 5.10 Å². The van der Waals surface area contributed by atoms with Crippen molar-refractivity contribution >= 4 is 21.5 Å². The Kier molecular flexibility index (Phi) is 3.58. The highest BCUT2D eigenvalue weighted by Crippen LogP contribution is 2.30. The van der Waals surface area contributed by atoms with E-state index in [0.717, 1.165) is 5.56 Å². The maximum absolute atomic E-state index is 12.6.